The summed E-state index contributed by atoms with van der Waals surface area (Å²) < 4.78 is 0. The summed E-state index contributed by atoms with van der Waals surface area (Å²) >= 11 is 0. The van der Waals surface area contributed by atoms with Crippen molar-refractivity contribution in [2.75, 3.05) is 13.1 Å². The molecule has 1 heterocycles. The second-order valence-corrected chi connectivity index (χ2v) is 5.55. The molecule has 0 bridgehead atoms. The molecule has 0 radical (unpaired) electrons. The van der Waals surface area contributed by atoms with E-state index in [-0.39, 0.29) is 5.91 Å². The van der Waals surface area contributed by atoms with E-state index >= 15 is 0 Å². The van der Waals surface area contributed by atoms with E-state index in [2.05, 4.69) is 0 Å². The first-order valence-electron chi connectivity index (χ1n) is 6.53. The van der Waals surface area contributed by atoms with Crippen LogP contribution in [0.2, 0.25) is 0 Å². The van der Waals surface area contributed by atoms with Gasteiger partial charge < -0.3 is 10.0 Å². The third kappa shape index (κ3) is 2.99. The van der Waals surface area contributed by atoms with Crippen molar-refractivity contribution in [2.45, 2.75) is 39.0 Å². The first kappa shape index (κ1) is 12.4. The summed E-state index contributed by atoms with van der Waals surface area (Å²) in [6.45, 7) is 3.38. The molecule has 4 heteroatoms. The van der Waals surface area contributed by atoms with Crippen LogP contribution in [-0.2, 0) is 9.59 Å². The van der Waals surface area contributed by atoms with Crippen molar-refractivity contribution in [2.24, 2.45) is 17.8 Å². The molecule has 96 valence electrons. The van der Waals surface area contributed by atoms with Gasteiger partial charge in [0.1, 0.15) is 0 Å². The van der Waals surface area contributed by atoms with Gasteiger partial charge in [0.05, 0.1) is 0 Å². The summed E-state index contributed by atoms with van der Waals surface area (Å²) in [5, 5.41) is 8.82. The van der Waals surface area contributed by atoms with Crippen LogP contribution in [0.15, 0.2) is 0 Å². The van der Waals surface area contributed by atoms with E-state index in [1.807, 2.05) is 4.90 Å². The first-order valence-corrected chi connectivity index (χ1v) is 6.53. The zero-order valence-corrected chi connectivity index (χ0v) is 10.4. The highest BCUT2D eigenvalue weighted by atomic mass is 16.4. The van der Waals surface area contributed by atoms with E-state index < -0.39 is 5.97 Å². The molecular formula is C13H21NO3. The van der Waals surface area contributed by atoms with Crippen LogP contribution >= 0.6 is 0 Å². The van der Waals surface area contributed by atoms with Gasteiger partial charge in [-0.25, -0.2) is 0 Å². The van der Waals surface area contributed by atoms with Crippen LogP contribution in [0.5, 0.6) is 0 Å². The molecule has 1 aliphatic heterocycles. The van der Waals surface area contributed by atoms with Crippen LogP contribution < -0.4 is 0 Å². The van der Waals surface area contributed by atoms with Crippen molar-refractivity contribution in [3.8, 4) is 0 Å². The number of carbonyl (C=O) groups is 2. The molecule has 1 saturated carbocycles. The predicted molar refractivity (Wildman–Crippen MR) is 63.4 cm³/mol. The summed E-state index contributed by atoms with van der Waals surface area (Å²) in [5.41, 5.74) is 0. The van der Waals surface area contributed by atoms with Crippen molar-refractivity contribution in [3.05, 3.63) is 0 Å². The average molecular weight is 239 g/mol. The van der Waals surface area contributed by atoms with Crippen LogP contribution in [0, 0.1) is 17.8 Å². The number of carbonyl (C=O) groups excluding carboxylic acids is 1. The van der Waals surface area contributed by atoms with Gasteiger partial charge in [0.15, 0.2) is 0 Å². The smallest absolute Gasteiger partial charge is 0.303 e. The summed E-state index contributed by atoms with van der Waals surface area (Å²) in [6.07, 6.45) is 4.52. The van der Waals surface area contributed by atoms with E-state index in [1.165, 1.54) is 0 Å². The molecule has 1 aliphatic carbocycles. The van der Waals surface area contributed by atoms with E-state index in [9.17, 15) is 9.59 Å². The van der Waals surface area contributed by atoms with Crippen LogP contribution in [0.1, 0.15) is 39.0 Å². The zero-order valence-electron chi connectivity index (χ0n) is 10.4. The highest BCUT2D eigenvalue weighted by molar-refractivity contribution is 5.73. The van der Waals surface area contributed by atoms with Gasteiger partial charge in [-0.3, -0.25) is 9.59 Å². The molecule has 2 rings (SSSR count). The molecule has 0 aromatic carbocycles. The second-order valence-electron chi connectivity index (χ2n) is 5.55. The van der Waals surface area contributed by atoms with Gasteiger partial charge >= 0.3 is 5.97 Å². The molecule has 3 unspecified atom stereocenters. The average Bonchev–Trinajstić information content (AvgIpc) is 2.27. The summed E-state index contributed by atoms with van der Waals surface area (Å²) in [7, 11) is 0. The lowest BCUT2D eigenvalue weighted by molar-refractivity contribution is -0.138. The molecule has 17 heavy (non-hydrogen) atoms. The highest BCUT2D eigenvalue weighted by Crippen LogP contribution is 2.40. The number of amides is 1. The number of hydrogen-bond donors (Lipinski definition) is 1. The minimum Gasteiger partial charge on any atom is -0.481 e. The fourth-order valence-corrected chi connectivity index (χ4v) is 3.43. The molecule has 0 aromatic rings. The molecule has 1 N–H and O–H groups in total. The lowest BCUT2D eigenvalue weighted by Gasteiger charge is -2.43. The Morgan fingerprint density at radius 2 is 2.00 bits per heavy atom. The Morgan fingerprint density at radius 1 is 1.24 bits per heavy atom. The largest absolute Gasteiger partial charge is 0.481 e. The maximum absolute atomic E-state index is 11.3. The summed E-state index contributed by atoms with van der Waals surface area (Å²) in [6, 6.07) is 0. The van der Waals surface area contributed by atoms with E-state index in [0.29, 0.717) is 24.2 Å². The molecule has 4 nitrogen and oxygen atoms in total. The Bertz CT molecular complexity index is 316. The Balaban J connectivity index is 1.88. The number of rotatable bonds is 2. The third-order valence-electron chi connectivity index (χ3n) is 4.38. The van der Waals surface area contributed by atoms with Gasteiger partial charge in [0.2, 0.25) is 5.91 Å². The Kier molecular flexibility index (Phi) is 3.69. The molecule has 1 saturated heterocycles. The maximum Gasteiger partial charge on any atom is 0.303 e. The number of aliphatic carboxylic acids is 1. The molecule has 2 aliphatic rings. The van der Waals surface area contributed by atoms with Crippen molar-refractivity contribution in [1.29, 1.82) is 0 Å². The third-order valence-corrected chi connectivity index (χ3v) is 4.38. The molecular weight excluding hydrogens is 218 g/mol. The van der Waals surface area contributed by atoms with Crippen LogP contribution in [0.4, 0.5) is 0 Å². The first-order chi connectivity index (χ1) is 8.06. The van der Waals surface area contributed by atoms with Crippen LogP contribution in [0.3, 0.4) is 0 Å². The number of likely N-dealkylation sites (tertiary alicyclic amines) is 1. The fourth-order valence-electron chi connectivity index (χ4n) is 3.43. The quantitative estimate of drug-likeness (QED) is 0.798. The molecule has 0 spiro atoms. The van der Waals surface area contributed by atoms with Gasteiger partial charge in [0, 0.05) is 26.4 Å². The van der Waals surface area contributed by atoms with Crippen molar-refractivity contribution in [3.63, 3.8) is 0 Å². The van der Waals surface area contributed by atoms with E-state index in [1.54, 1.807) is 6.92 Å². The monoisotopic (exact) mass is 239 g/mol. The predicted octanol–water partition coefficient (Wildman–Crippen LogP) is 1.75. The number of carboxylic acids is 1. The van der Waals surface area contributed by atoms with Crippen molar-refractivity contribution >= 4 is 11.9 Å². The standard InChI is InChI=1S/C13H21NO3/c1-9(15)14-5-4-11-6-10(7-13(16)17)2-3-12(11)8-14/h10-12H,2-8H2,1H3,(H,16,17). The van der Waals surface area contributed by atoms with Crippen molar-refractivity contribution in [1.82, 2.24) is 4.90 Å². The number of hydrogen-bond acceptors (Lipinski definition) is 2. The normalized spacial score (nSPS) is 33.0. The lowest BCUT2D eigenvalue weighted by atomic mass is 9.70. The summed E-state index contributed by atoms with van der Waals surface area (Å²) in [4.78, 5) is 24.0. The Hall–Kier alpha value is -1.06. The topological polar surface area (TPSA) is 57.6 Å². The van der Waals surface area contributed by atoms with Crippen LogP contribution in [0.25, 0.3) is 0 Å². The van der Waals surface area contributed by atoms with Gasteiger partial charge in [-0.2, -0.15) is 0 Å². The van der Waals surface area contributed by atoms with Gasteiger partial charge in [-0.1, -0.05) is 0 Å². The SMILES string of the molecule is CC(=O)N1CCC2CC(CC(=O)O)CCC2C1. The van der Waals surface area contributed by atoms with Crippen molar-refractivity contribution < 1.29 is 14.7 Å². The Morgan fingerprint density at radius 3 is 2.65 bits per heavy atom. The highest BCUT2D eigenvalue weighted by Gasteiger charge is 2.35. The number of piperidine rings is 1. The zero-order chi connectivity index (χ0) is 12.4. The maximum atomic E-state index is 11.3. The fraction of sp³-hybridized carbons (Fsp3) is 0.846. The van der Waals surface area contributed by atoms with E-state index in [0.717, 1.165) is 38.8 Å². The van der Waals surface area contributed by atoms with Crippen LogP contribution in [-0.4, -0.2) is 35.0 Å². The van der Waals surface area contributed by atoms with Gasteiger partial charge in [-0.05, 0) is 43.4 Å². The van der Waals surface area contributed by atoms with Gasteiger partial charge in [0.25, 0.3) is 0 Å². The lowest BCUT2D eigenvalue weighted by Crippen LogP contribution is -2.45. The Labute approximate surface area is 102 Å². The number of fused-ring (bicyclic) bond motifs is 1. The molecule has 3 atom stereocenters. The second kappa shape index (κ2) is 5.07. The van der Waals surface area contributed by atoms with E-state index in [4.69, 9.17) is 5.11 Å². The minimum absolute atomic E-state index is 0.177. The summed E-state index contributed by atoms with van der Waals surface area (Å²) in [5.74, 6) is 1.12. The number of carboxylic acid groups (broad SMARTS) is 1. The molecule has 2 fully saturated rings. The molecule has 1 amide bonds. The minimum atomic E-state index is -0.672. The van der Waals surface area contributed by atoms with Gasteiger partial charge in [-0.15, -0.1) is 0 Å². The number of nitrogens with zero attached hydrogens (tertiary/aromatic N) is 1. The molecule has 0 aromatic heterocycles.